The van der Waals surface area contributed by atoms with E-state index in [9.17, 15) is 9.59 Å². The predicted molar refractivity (Wildman–Crippen MR) is 95.9 cm³/mol. The quantitative estimate of drug-likeness (QED) is 0.863. The van der Waals surface area contributed by atoms with Gasteiger partial charge in [0.25, 0.3) is 0 Å². The molecule has 1 N–H and O–H groups in total. The molecule has 1 aliphatic rings. The SMILES string of the molecule is CC(=O)c1oc2ccccc2c1NC(=O)[C@H](C)N1C[C@@H](C)O[C@@H](C)C1. The number of anilines is 1. The van der Waals surface area contributed by atoms with Gasteiger partial charge in [-0.15, -0.1) is 0 Å². The molecule has 0 spiro atoms. The van der Waals surface area contributed by atoms with Crippen molar-refractivity contribution >= 4 is 28.3 Å². The van der Waals surface area contributed by atoms with E-state index < -0.39 is 0 Å². The van der Waals surface area contributed by atoms with Gasteiger partial charge in [0, 0.05) is 25.4 Å². The number of benzene rings is 1. The fraction of sp³-hybridized carbons (Fsp3) is 0.474. The van der Waals surface area contributed by atoms with Crippen molar-refractivity contribution in [3.63, 3.8) is 0 Å². The zero-order valence-electron chi connectivity index (χ0n) is 15.0. The molecule has 1 saturated heterocycles. The van der Waals surface area contributed by atoms with E-state index in [4.69, 9.17) is 9.15 Å². The van der Waals surface area contributed by atoms with Gasteiger partial charge in [-0.25, -0.2) is 0 Å². The molecule has 1 aromatic carbocycles. The van der Waals surface area contributed by atoms with Crippen LogP contribution in [0.3, 0.4) is 0 Å². The number of morpholine rings is 1. The number of nitrogens with one attached hydrogen (secondary N) is 1. The first-order valence-corrected chi connectivity index (χ1v) is 8.59. The Morgan fingerprint density at radius 2 is 1.84 bits per heavy atom. The summed E-state index contributed by atoms with van der Waals surface area (Å²) in [5.41, 5.74) is 1.04. The van der Waals surface area contributed by atoms with Gasteiger partial charge >= 0.3 is 0 Å². The zero-order valence-corrected chi connectivity index (χ0v) is 15.0. The minimum Gasteiger partial charge on any atom is -0.451 e. The molecule has 6 heteroatoms. The molecule has 1 amide bonds. The molecule has 3 atom stereocenters. The number of carbonyl (C=O) groups excluding carboxylic acids is 2. The summed E-state index contributed by atoms with van der Waals surface area (Å²) in [4.78, 5) is 26.8. The number of fused-ring (bicyclic) bond motifs is 1. The zero-order chi connectivity index (χ0) is 18.1. The smallest absolute Gasteiger partial charge is 0.241 e. The van der Waals surface area contributed by atoms with E-state index in [0.717, 1.165) is 5.39 Å². The lowest BCUT2D eigenvalue weighted by molar-refractivity contribution is -0.126. The Morgan fingerprint density at radius 3 is 2.48 bits per heavy atom. The molecule has 0 saturated carbocycles. The van der Waals surface area contributed by atoms with E-state index in [1.54, 1.807) is 6.07 Å². The van der Waals surface area contributed by atoms with Gasteiger partial charge in [0.1, 0.15) is 5.58 Å². The van der Waals surface area contributed by atoms with Crippen LogP contribution in [0.2, 0.25) is 0 Å². The van der Waals surface area contributed by atoms with Crippen LogP contribution in [0.5, 0.6) is 0 Å². The highest BCUT2D eigenvalue weighted by Crippen LogP contribution is 2.31. The van der Waals surface area contributed by atoms with E-state index in [2.05, 4.69) is 10.2 Å². The summed E-state index contributed by atoms with van der Waals surface area (Å²) in [6.45, 7) is 8.71. The van der Waals surface area contributed by atoms with Gasteiger partial charge < -0.3 is 14.5 Å². The fourth-order valence-electron chi connectivity index (χ4n) is 3.34. The van der Waals surface area contributed by atoms with Crippen molar-refractivity contribution in [2.24, 2.45) is 0 Å². The van der Waals surface area contributed by atoms with Crippen molar-refractivity contribution < 1.29 is 18.7 Å². The normalized spacial score (nSPS) is 22.7. The molecule has 2 aromatic rings. The summed E-state index contributed by atoms with van der Waals surface area (Å²) in [6, 6.07) is 6.98. The van der Waals surface area contributed by atoms with Crippen LogP contribution in [-0.4, -0.2) is 47.9 Å². The fourth-order valence-corrected chi connectivity index (χ4v) is 3.34. The average molecular weight is 344 g/mol. The Hall–Kier alpha value is -2.18. The van der Waals surface area contributed by atoms with E-state index in [1.807, 2.05) is 39.0 Å². The maximum absolute atomic E-state index is 12.8. The maximum Gasteiger partial charge on any atom is 0.241 e. The molecular formula is C19H24N2O4. The lowest BCUT2D eigenvalue weighted by Crippen LogP contribution is -2.52. The number of Topliss-reactive ketones (excluding diaryl/α,β-unsaturated/α-hetero) is 1. The van der Waals surface area contributed by atoms with Crippen LogP contribution in [0.15, 0.2) is 28.7 Å². The molecule has 1 aromatic heterocycles. The minimum atomic E-state index is -0.331. The van der Waals surface area contributed by atoms with E-state index in [-0.39, 0.29) is 35.7 Å². The van der Waals surface area contributed by atoms with E-state index in [1.165, 1.54) is 6.92 Å². The largest absolute Gasteiger partial charge is 0.451 e. The summed E-state index contributed by atoms with van der Waals surface area (Å²) in [7, 11) is 0. The second-order valence-electron chi connectivity index (χ2n) is 6.73. The number of carbonyl (C=O) groups is 2. The van der Waals surface area contributed by atoms with Crippen molar-refractivity contribution in [3.05, 3.63) is 30.0 Å². The monoisotopic (exact) mass is 344 g/mol. The van der Waals surface area contributed by atoms with Crippen LogP contribution in [0.25, 0.3) is 11.0 Å². The van der Waals surface area contributed by atoms with Crippen molar-refractivity contribution in [2.45, 2.75) is 45.9 Å². The number of hydrogen-bond acceptors (Lipinski definition) is 5. The second-order valence-corrected chi connectivity index (χ2v) is 6.73. The van der Waals surface area contributed by atoms with Crippen molar-refractivity contribution in [3.8, 4) is 0 Å². The molecule has 6 nitrogen and oxygen atoms in total. The number of para-hydroxylation sites is 1. The Kier molecular flexibility index (Phi) is 4.92. The van der Waals surface area contributed by atoms with Crippen molar-refractivity contribution in [2.75, 3.05) is 18.4 Å². The summed E-state index contributed by atoms with van der Waals surface area (Å²) in [5, 5.41) is 3.64. The van der Waals surface area contributed by atoms with Gasteiger partial charge in [-0.05, 0) is 32.9 Å². The third-order valence-corrected chi connectivity index (χ3v) is 4.54. The van der Waals surface area contributed by atoms with Crippen LogP contribution < -0.4 is 5.32 Å². The Morgan fingerprint density at radius 1 is 1.20 bits per heavy atom. The standard InChI is InChI=1S/C19H24N2O4/c1-11-9-21(10-12(2)24-11)13(3)19(23)20-17-15-7-5-6-8-16(15)25-18(17)14(4)22/h5-8,11-13H,9-10H2,1-4H3,(H,20,23)/t11-,12+,13-/m0/s1. The highest BCUT2D eigenvalue weighted by atomic mass is 16.5. The number of furan rings is 1. The summed E-state index contributed by atoms with van der Waals surface area (Å²) < 4.78 is 11.4. The molecule has 1 aliphatic heterocycles. The van der Waals surface area contributed by atoms with Crippen LogP contribution in [0, 0.1) is 0 Å². The molecule has 2 heterocycles. The molecule has 1 fully saturated rings. The van der Waals surface area contributed by atoms with Gasteiger partial charge in [0.2, 0.25) is 5.91 Å². The van der Waals surface area contributed by atoms with Gasteiger partial charge in [0.05, 0.1) is 23.9 Å². The molecular weight excluding hydrogens is 320 g/mol. The lowest BCUT2D eigenvalue weighted by Gasteiger charge is -2.38. The average Bonchev–Trinajstić information content (AvgIpc) is 2.92. The summed E-state index contributed by atoms with van der Waals surface area (Å²) in [5.74, 6) is -0.186. The van der Waals surface area contributed by atoms with Gasteiger partial charge in [-0.2, -0.15) is 0 Å². The molecule has 25 heavy (non-hydrogen) atoms. The molecule has 0 unspecified atom stereocenters. The van der Waals surface area contributed by atoms with Crippen molar-refractivity contribution in [1.82, 2.24) is 4.90 Å². The summed E-state index contributed by atoms with van der Waals surface area (Å²) >= 11 is 0. The number of hydrogen-bond donors (Lipinski definition) is 1. The first kappa shape index (κ1) is 17.6. The van der Waals surface area contributed by atoms with Crippen LogP contribution in [0.1, 0.15) is 38.2 Å². The third kappa shape index (κ3) is 3.60. The van der Waals surface area contributed by atoms with Gasteiger partial charge in [0.15, 0.2) is 11.5 Å². The van der Waals surface area contributed by atoms with Gasteiger partial charge in [-0.1, -0.05) is 12.1 Å². The predicted octanol–water partition coefficient (Wildman–Crippen LogP) is 3.07. The van der Waals surface area contributed by atoms with Crippen molar-refractivity contribution in [1.29, 1.82) is 0 Å². The lowest BCUT2D eigenvalue weighted by atomic mass is 10.1. The molecule has 134 valence electrons. The summed E-state index contributed by atoms with van der Waals surface area (Å²) in [6.07, 6.45) is 0.170. The molecule has 0 radical (unpaired) electrons. The topological polar surface area (TPSA) is 71.8 Å². The van der Waals surface area contributed by atoms with E-state index >= 15 is 0 Å². The van der Waals surface area contributed by atoms with E-state index in [0.29, 0.717) is 24.4 Å². The highest BCUT2D eigenvalue weighted by molar-refractivity contribution is 6.11. The number of ketones is 1. The number of rotatable bonds is 4. The Bertz CT molecular complexity index is 788. The van der Waals surface area contributed by atoms with Crippen LogP contribution >= 0.6 is 0 Å². The third-order valence-electron chi connectivity index (χ3n) is 4.54. The first-order valence-electron chi connectivity index (χ1n) is 8.59. The minimum absolute atomic E-state index is 0.0848. The van der Waals surface area contributed by atoms with Gasteiger partial charge in [-0.3, -0.25) is 14.5 Å². The number of amides is 1. The number of nitrogens with zero attached hydrogens (tertiary/aromatic N) is 1. The molecule has 0 bridgehead atoms. The van der Waals surface area contributed by atoms with Crippen LogP contribution in [-0.2, 0) is 9.53 Å². The number of ether oxygens (including phenoxy) is 1. The molecule has 0 aliphatic carbocycles. The van der Waals surface area contributed by atoms with Crippen LogP contribution in [0.4, 0.5) is 5.69 Å². The Labute approximate surface area is 147 Å². The maximum atomic E-state index is 12.8. The molecule has 3 rings (SSSR count). The first-order chi connectivity index (χ1) is 11.9. The highest BCUT2D eigenvalue weighted by Gasteiger charge is 2.30. The Balaban J connectivity index is 1.84. The second kappa shape index (κ2) is 6.98.